The minimum absolute atomic E-state index is 0.0693. The molecule has 0 aliphatic carbocycles. The Bertz CT molecular complexity index is 368. The number of carbonyl (C=O) groups excluding carboxylic acids is 1. The highest BCUT2D eigenvalue weighted by Gasteiger charge is 2.17. The molecule has 1 aromatic rings. The van der Waals surface area contributed by atoms with E-state index in [0.29, 0.717) is 0 Å². The van der Waals surface area contributed by atoms with E-state index in [0.717, 1.165) is 11.0 Å². The third kappa shape index (κ3) is 2.43. The Morgan fingerprint density at radius 2 is 2.20 bits per heavy atom. The number of amides is 1. The Balaban J connectivity index is 2.96. The maximum atomic E-state index is 13.2. The van der Waals surface area contributed by atoms with E-state index < -0.39 is 17.7 Å². The summed E-state index contributed by atoms with van der Waals surface area (Å²) in [6, 6.07) is 3.56. The van der Waals surface area contributed by atoms with Gasteiger partial charge < -0.3 is 4.74 Å². The maximum absolute atomic E-state index is 13.2. The van der Waals surface area contributed by atoms with Gasteiger partial charge in [0.05, 0.1) is 12.3 Å². The number of anilines is 1. The van der Waals surface area contributed by atoms with Crippen molar-refractivity contribution in [2.45, 2.75) is 0 Å². The lowest BCUT2D eigenvalue weighted by atomic mass is 10.3. The van der Waals surface area contributed by atoms with Crippen LogP contribution in [0.15, 0.2) is 18.2 Å². The van der Waals surface area contributed by atoms with E-state index in [2.05, 4.69) is 11.7 Å². The molecule has 0 N–H and O–H groups in total. The van der Waals surface area contributed by atoms with Gasteiger partial charge in [-0.15, -0.1) is 0 Å². The maximum Gasteiger partial charge on any atom is 0.414 e. The quantitative estimate of drug-likeness (QED) is 0.756. The number of ether oxygens (including phenoxy) is 1. The molecular formula is C10H10F2NO2. The monoisotopic (exact) mass is 214 g/mol. The fourth-order valence-corrected chi connectivity index (χ4v) is 1.03. The average molecular weight is 214 g/mol. The SMILES string of the molecule is [CH2]COC(=O)N(C)c1cccc(F)c1F. The number of carbonyl (C=O) groups is 1. The van der Waals surface area contributed by atoms with Gasteiger partial charge in [0.15, 0.2) is 11.6 Å². The van der Waals surface area contributed by atoms with Gasteiger partial charge >= 0.3 is 6.09 Å². The van der Waals surface area contributed by atoms with Crippen LogP contribution in [0.2, 0.25) is 0 Å². The molecule has 0 unspecified atom stereocenters. The van der Waals surface area contributed by atoms with Crippen molar-refractivity contribution in [3.8, 4) is 0 Å². The molecule has 1 amide bonds. The van der Waals surface area contributed by atoms with Gasteiger partial charge in [-0.2, -0.15) is 0 Å². The van der Waals surface area contributed by atoms with Crippen molar-refractivity contribution in [1.29, 1.82) is 0 Å². The van der Waals surface area contributed by atoms with E-state index >= 15 is 0 Å². The molecule has 1 aromatic carbocycles. The Labute approximate surface area is 86.3 Å². The van der Waals surface area contributed by atoms with Gasteiger partial charge in [0.1, 0.15) is 0 Å². The molecule has 1 rings (SSSR count). The number of rotatable bonds is 2. The van der Waals surface area contributed by atoms with E-state index in [9.17, 15) is 13.6 Å². The van der Waals surface area contributed by atoms with Gasteiger partial charge in [-0.05, 0) is 19.1 Å². The number of hydrogen-bond acceptors (Lipinski definition) is 2. The third-order valence-electron chi connectivity index (χ3n) is 1.79. The zero-order chi connectivity index (χ0) is 11.4. The number of benzene rings is 1. The summed E-state index contributed by atoms with van der Waals surface area (Å²) in [6.07, 6.45) is -0.783. The molecule has 5 heteroatoms. The van der Waals surface area contributed by atoms with Gasteiger partial charge in [-0.1, -0.05) is 6.07 Å². The Morgan fingerprint density at radius 3 is 2.80 bits per heavy atom. The predicted molar refractivity (Wildman–Crippen MR) is 51.5 cm³/mol. The van der Waals surface area contributed by atoms with E-state index in [1.54, 1.807) is 0 Å². The summed E-state index contributed by atoms with van der Waals surface area (Å²) in [6.45, 7) is 3.23. The van der Waals surface area contributed by atoms with Crippen molar-refractivity contribution in [3.05, 3.63) is 36.8 Å². The lowest BCUT2D eigenvalue weighted by Crippen LogP contribution is -2.28. The first-order chi connectivity index (χ1) is 7.07. The summed E-state index contributed by atoms with van der Waals surface area (Å²) in [5, 5.41) is 0. The summed E-state index contributed by atoms with van der Waals surface area (Å²) in [5.41, 5.74) is -0.173. The summed E-state index contributed by atoms with van der Waals surface area (Å²) < 4.78 is 30.6. The average Bonchev–Trinajstić information content (AvgIpc) is 2.21. The molecule has 81 valence electrons. The first-order valence-electron chi connectivity index (χ1n) is 4.21. The van der Waals surface area contributed by atoms with Crippen molar-refractivity contribution in [3.63, 3.8) is 0 Å². The van der Waals surface area contributed by atoms with Crippen molar-refractivity contribution in [2.75, 3.05) is 18.6 Å². The molecule has 0 saturated heterocycles. The first-order valence-corrected chi connectivity index (χ1v) is 4.21. The fourth-order valence-electron chi connectivity index (χ4n) is 1.03. The van der Waals surface area contributed by atoms with Gasteiger partial charge in [0, 0.05) is 7.05 Å². The minimum Gasteiger partial charge on any atom is -0.449 e. The van der Waals surface area contributed by atoms with Crippen LogP contribution in [-0.2, 0) is 4.74 Å². The van der Waals surface area contributed by atoms with Crippen LogP contribution in [0, 0.1) is 18.6 Å². The second-order valence-electron chi connectivity index (χ2n) is 2.75. The topological polar surface area (TPSA) is 29.5 Å². The summed E-state index contributed by atoms with van der Waals surface area (Å²) in [4.78, 5) is 12.1. The van der Waals surface area contributed by atoms with Crippen LogP contribution in [0.5, 0.6) is 0 Å². The summed E-state index contributed by atoms with van der Waals surface area (Å²) in [7, 11) is 1.29. The molecule has 0 aliphatic heterocycles. The highest BCUT2D eigenvalue weighted by molar-refractivity contribution is 5.87. The van der Waals surface area contributed by atoms with E-state index in [-0.39, 0.29) is 12.3 Å². The predicted octanol–water partition coefficient (Wildman–Crippen LogP) is 2.37. The molecule has 0 bridgehead atoms. The molecule has 0 aromatic heterocycles. The number of hydrogen-bond donors (Lipinski definition) is 0. The van der Waals surface area contributed by atoms with Gasteiger partial charge in [0.2, 0.25) is 0 Å². The van der Waals surface area contributed by atoms with Crippen molar-refractivity contribution in [1.82, 2.24) is 0 Å². The highest BCUT2D eigenvalue weighted by Crippen LogP contribution is 2.20. The number of halogens is 2. The largest absolute Gasteiger partial charge is 0.449 e. The van der Waals surface area contributed by atoms with Crippen molar-refractivity contribution >= 4 is 11.8 Å². The van der Waals surface area contributed by atoms with Gasteiger partial charge in [0.25, 0.3) is 0 Å². The van der Waals surface area contributed by atoms with Crippen LogP contribution in [0.3, 0.4) is 0 Å². The molecule has 3 nitrogen and oxygen atoms in total. The molecule has 0 spiro atoms. The highest BCUT2D eigenvalue weighted by atomic mass is 19.2. The molecule has 1 radical (unpaired) electrons. The van der Waals surface area contributed by atoms with Gasteiger partial charge in [-0.3, -0.25) is 4.90 Å². The minimum atomic E-state index is -1.08. The molecule has 0 atom stereocenters. The lowest BCUT2D eigenvalue weighted by molar-refractivity contribution is 0.166. The standard InChI is InChI=1S/C10H10F2NO2/c1-3-15-10(14)13(2)8-6-4-5-7(11)9(8)12/h4-6H,1,3H2,2H3. The second-order valence-corrected chi connectivity index (χ2v) is 2.75. The summed E-state index contributed by atoms with van der Waals surface area (Å²) >= 11 is 0. The Morgan fingerprint density at radius 1 is 1.53 bits per heavy atom. The van der Waals surface area contributed by atoms with E-state index in [4.69, 9.17) is 0 Å². The summed E-state index contributed by atoms with van der Waals surface area (Å²) in [5.74, 6) is -2.09. The van der Waals surface area contributed by atoms with Crippen LogP contribution < -0.4 is 4.90 Å². The molecule has 15 heavy (non-hydrogen) atoms. The second kappa shape index (κ2) is 4.72. The van der Waals surface area contributed by atoms with Crippen LogP contribution in [0.25, 0.3) is 0 Å². The Hall–Kier alpha value is -1.65. The van der Waals surface area contributed by atoms with Crippen molar-refractivity contribution in [2.24, 2.45) is 0 Å². The molecule has 0 fully saturated rings. The van der Waals surface area contributed by atoms with Crippen LogP contribution in [0.4, 0.5) is 19.3 Å². The van der Waals surface area contributed by atoms with Crippen molar-refractivity contribution < 1.29 is 18.3 Å². The normalized spacial score (nSPS) is 9.87. The van der Waals surface area contributed by atoms with Crippen LogP contribution in [-0.4, -0.2) is 19.7 Å². The number of nitrogens with zero attached hydrogens (tertiary/aromatic N) is 1. The first kappa shape index (κ1) is 11.4. The molecule has 0 heterocycles. The van der Waals surface area contributed by atoms with Gasteiger partial charge in [-0.25, -0.2) is 13.6 Å². The third-order valence-corrected chi connectivity index (χ3v) is 1.79. The zero-order valence-electron chi connectivity index (χ0n) is 8.17. The molecule has 0 aliphatic rings. The van der Waals surface area contributed by atoms with Crippen LogP contribution in [0.1, 0.15) is 0 Å². The zero-order valence-corrected chi connectivity index (χ0v) is 8.17. The smallest absolute Gasteiger partial charge is 0.414 e. The van der Waals surface area contributed by atoms with E-state index in [1.165, 1.54) is 19.2 Å². The van der Waals surface area contributed by atoms with E-state index in [1.807, 2.05) is 0 Å². The fraction of sp³-hybridized carbons (Fsp3) is 0.200. The lowest BCUT2D eigenvalue weighted by Gasteiger charge is -2.16. The molecule has 0 saturated carbocycles. The Kier molecular flexibility index (Phi) is 3.60. The van der Waals surface area contributed by atoms with Crippen LogP contribution >= 0.6 is 0 Å². The molecular weight excluding hydrogens is 204 g/mol.